The SMILES string of the molecule is CC(=O)Oc1cccc(NC(=O)Nc2ccc(C(N)=O)cc2)c1. The Morgan fingerprint density at radius 3 is 2.22 bits per heavy atom. The van der Waals surface area contributed by atoms with Gasteiger partial charge in [-0.3, -0.25) is 9.59 Å². The van der Waals surface area contributed by atoms with Gasteiger partial charge >= 0.3 is 12.0 Å². The van der Waals surface area contributed by atoms with Crippen molar-refractivity contribution in [2.24, 2.45) is 5.73 Å². The molecule has 0 aliphatic rings. The van der Waals surface area contributed by atoms with Gasteiger partial charge in [-0.1, -0.05) is 6.07 Å². The molecule has 4 N–H and O–H groups in total. The summed E-state index contributed by atoms with van der Waals surface area (Å²) < 4.78 is 4.94. The molecule has 0 aromatic heterocycles. The molecule has 0 aliphatic heterocycles. The molecule has 7 heteroatoms. The second kappa shape index (κ2) is 7.08. The highest BCUT2D eigenvalue weighted by molar-refractivity contribution is 6.00. The highest BCUT2D eigenvalue weighted by atomic mass is 16.5. The number of benzene rings is 2. The lowest BCUT2D eigenvalue weighted by Gasteiger charge is -2.09. The minimum Gasteiger partial charge on any atom is -0.427 e. The van der Waals surface area contributed by atoms with Crippen molar-refractivity contribution < 1.29 is 19.1 Å². The van der Waals surface area contributed by atoms with Crippen LogP contribution in [0.5, 0.6) is 5.75 Å². The molecule has 23 heavy (non-hydrogen) atoms. The standard InChI is InChI=1S/C16H15N3O4/c1-10(20)23-14-4-2-3-13(9-14)19-16(22)18-12-7-5-11(6-8-12)15(17)21/h2-9H,1H3,(H2,17,21)(H2,18,19,22). The number of nitrogens with one attached hydrogen (secondary N) is 2. The van der Waals surface area contributed by atoms with E-state index in [-0.39, 0.29) is 0 Å². The number of anilines is 2. The quantitative estimate of drug-likeness (QED) is 0.594. The van der Waals surface area contributed by atoms with Crippen LogP contribution in [-0.4, -0.2) is 17.9 Å². The maximum absolute atomic E-state index is 11.9. The average molecular weight is 313 g/mol. The van der Waals surface area contributed by atoms with Crippen molar-refractivity contribution in [1.82, 2.24) is 0 Å². The lowest BCUT2D eigenvalue weighted by atomic mass is 10.2. The molecule has 0 aliphatic carbocycles. The van der Waals surface area contributed by atoms with Crippen LogP contribution < -0.4 is 21.1 Å². The number of carbonyl (C=O) groups is 3. The minimum atomic E-state index is -0.539. The zero-order chi connectivity index (χ0) is 16.8. The summed E-state index contributed by atoms with van der Waals surface area (Å²) in [7, 11) is 0. The monoisotopic (exact) mass is 313 g/mol. The van der Waals surface area contributed by atoms with Crippen molar-refractivity contribution in [3.63, 3.8) is 0 Å². The third kappa shape index (κ3) is 4.85. The van der Waals surface area contributed by atoms with E-state index in [1.807, 2.05) is 0 Å². The van der Waals surface area contributed by atoms with Gasteiger partial charge in [0.25, 0.3) is 0 Å². The number of carbonyl (C=O) groups excluding carboxylic acids is 3. The van der Waals surface area contributed by atoms with Crippen LogP contribution in [0.2, 0.25) is 0 Å². The molecule has 0 fully saturated rings. The van der Waals surface area contributed by atoms with E-state index >= 15 is 0 Å². The number of primary amides is 1. The summed E-state index contributed by atoms with van der Waals surface area (Å²) >= 11 is 0. The highest BCUT2D eigenvalue weighted by Gasteiger charge is 2.06. The van der Waals surface area contributed by atoms with Crippen molar-refractivity contribution in [3.05, 3.63) is 54.1 Å². The van der Waals surface area contributed by atoms with Gasteiger partial charge in [0, 0.05) is 29.9 Å². The summed E-state index contributed by atoms with van der Waals surface area (Å²) in [4.78, 5) is 33.8. The fourth-order valence-corrected chi connectivity index (χ4v) is 1.81. The second-order valence-electron chi connectivity index (χ2n) is 4.64. The molecule has 2 aromatic rings. The van der Waals surface area contributed by atoms with Gasteiger partial charge in [0.2, 0.25) is 5.91 Å². The van der Waals surface area contributed by atoms with E-state index in [4.69, 9.17) is 10.5 Å². The molecule has 2 rings (SSSR count). The number of nitrogens with two attached hydrogens (primary N) is 1. The van der Waals surface area contributed by atoms with Crippen molar-refractivity contribution >= 4 is 29.3 Å². The smallest absolute Gasteiger partial charge is 0.323 e. The third-order valence-electron chi connectivity index (χ3n) is 2.78. The second-order valence-corrected chi connectivity index (χ2v) is 4.64. The van der Waals surface area contributed by atoms with Crippen LogP contribution in [0.15, 0.2) is 48.5 Å². The Bertz CT molecular complexity index is 741. The molecule has 118 valence electrons. The number of amides is 3. The molecule has 0 bridgehead atoms. The van der Waals surface area contributed by atoms with E-state index in [1.54, 1.807) is 30.3 Å². The van der Waals surface area contributed by atoms with E-state index in [0.29, 0.717) is 22.7 Å². The normalized spacial score (nSPS) is 9.78. The summed E-state index contributed by atoms with van der Waals surface area (Å²) in [5.74, 6) is -0.648. The molecular formula is C16H15N3O4. The van der Waals surface area contributed by atoms with E-state index in [2.05, 4.69) is 10.6 Å². The minimum absolute atomic E-state index is 0.334. The summed E-state index contributed by atoms with van der Waals surface area (Å²) in [6.45, 7) is 1.29. The molecule has 0 unspecified atom stereocenters. The molecule has 2 aromatic carbocycles. The molecule has 7 nitrogen and oxygen atoms in total. The molecule has 0 spiro atoms. The fraction of sp³-hybridized carbons (Fsp3) is 0.0625. The number of esters is 1. The summed E-state index contributed by atoms with van der Waals surface area (Å²) in [5, 5.41) is 5.22. The lowest BCUT2D eigenvalue weighted by molar-refractivity contribution is -0.131. The van der Waals surface area contributed by atoms with Crippen molar-refractivity contribution in [2.75, 3.05) is 10.6 Å². The summed E-state index contributed by atoms with van der Waals surface area (Å²) in [6.07, 6.45) is 0. The van der Waals surface area contributed by atoms with Crippen molar-refractivity contribution in [1.29, 1.82) is 0 Å². The zero-order valence-electron chi connectivity index (χ0n) is 12.3. The maximum atomic E-state index is 11.9. The Labute approximate surface area is 132 Å². The van der Waals surface area contributed by atoms with Crippen LogP contribution >= 0.6 is 0 Å². The summed E-state index contributed by atoms with van der Waals surface area (Å²) in [5.41, 5.74) is 6.46. The van der Waals surface area contributed by atoms with E-state index in [1.165, 1.54) is 25.1 Å². The molecule has 0 radical (unpaired) electrons. The Kier molecular flexibility index (Phi) is 4.93. The Hall–Kier alpha value is -3.35. The Balaban J connectivity index is 1.99. The van der Waals surface area contributed by atoms with Crippen LogP contribution in [0.4, 0.5) is 16.2 Å². The first-order valence-electron chi connectivity index (χ1n) is 6.70. The highest BCUT2D eigenvalue weighted by Crippen LogP contribution is 2.18. The number of hydrogen-bond acceptors (Lipinski definition) is 4. The Morgan fingerprint density at radius 2 is 1.61 bits per heavy atom. The van der Waals surface area contributed by atoms with E-state index in [9.17, 15) is 14.4 Å². The van der Waals surface area contributed by atoms with Gasteiger partial charge in [0.15, 0.2) is 0 Å². The lowest BCUT2D eigenvalue weighted by Crippen LogP contribution is -2.19. The Morgan fingerprint density at radius 1 is 0.957 bits per heavy atom. The van der Waals surface area contributed by atoms with Gasteiger partial charge < -0.3 is 21.1 Å². The number of hydrogen-bond donors (Lipinski definition) is 3. The third-order valence-corrected chi connectivity index (χ3v) is 2.78. The molecule has 0 heterocycles. The largest absolute Gasteiger partial charge is 0.427 e. The van der Waals surface area contributed by atoms with Gasteiger partial charge in [-0.2, -0.15) is 0 Å². The maximum Gasteiger partial charge on any atom is 0.323 e. The predicted octanol–water partition coefficient (Wildman–Crippen LogP) is 2.35. The van der Waals surface area contributed by atoms with Gasteiger partial charge in [-0.05, 0) is 36.4 Å². The van der Waals surface area contributed by atoms with E-state index < -0.39 is 17.9 Å². The van der Waals surface area contributed by atoms with Crippen LogP contribution in [0.1, 0.15) is 17.3 Å². The first kappa shape index (κ1) is 16.0. The van der Waals surface area contributed by atoms with Crippen molar-refractivity contribution in [3.8, 4) is 5.75 Å². The fourth-order valence-electron chi connectivity index (χ4n) is 1.81. The molecule has 0 saturated carbocycles. The number of urea groups is 1. The number of ether oxygens (including phenoxy) is 1. The summed E-state index contributed by atoms with van der Waals surface area (Å²) in [6, 6.07) is 12.1. The van der Waals surface area contributed by atoms with Gasteiger partial charge in [0.1, 0.15) is 5.75 Å². The van der Waals surface area contributed by atoms with Gasteiger partial charge in [0.05, 0.1) is 0 Å². The van der Waals surface area contributed by atoms with Crippen LogP contribution in [-0.2, 0) is 4.79 Å². The van der Waals surface area contributed by atoms with E-state index in [0.717, 1.165) is 0 Å². The van der Waals surface area contributed by atoms with Crippen molar-refractivity contribution in [2.45, 2.75) is 6.92 Å². The molecular weight excluding hydrogens is 298 g/mol. The van der Waals surface area contributed by atoms with Crippen LogP contribution in [0.3, 0.4) is 0 Å². The topological polar surface area (TPSA) is 111 Å². The van der Waals surface area contributed by atoms with Crippen LogP contribution in [0.25, 0.3) is 0 Å². The first-order chi connectivity index (χ1) is 10.9. The predicted molar refractivity (Wildman–Crippen MR) is 85.4 cm³/mol. The van der Waals surface area contributed by atoms with Gasteiger partial charge in [-0.25, -0.2) is 4.79 Å². The zero-order valence-corrected chi connectivity index (χ0v) is 12.3. The molecule has 3 amide bonds. The van der Waals surface area contributed by atoms with Gasteiger partial charge in [-0.15, -0.1) is 0 Å². The number of rotatable bonds is 4. The molecule has 0 atom stereocenters. The average Bonchev–Trinajstić information content (AvgIpc) is 2.47. The van der Waals surface area contributed by atoms with Crippen LogP contribution in [0, 0.1) is 0 Å². The molecule has 0 saturated heterocycles. The first-order valence-corrected chi connectivity index (χ1v) is 6.70.